The van der Waals surface area contributed by atoms with Gasteiger partial charge in [0.25, 0.3) is 0 Å². The number of hydrogen-bond acceptors (Lipinski definition) is 2. The second-order valence-corrected chi connectivity index (χ2v) is 4.71. The lowest BCUT2D eigenvalue weighted by molar-refractivity contribution is 0.356. The molecule has 0 atom stereocenters. The summed E-state index contributed by atoms with van der Waals surface area (Å²) in [7, 11) is 0. The average molecular weight is 195 g/mol. The van der Waals surface area contributed by atoms with Crippen LogP contribution in [-0.4, -0.2) is 16.0 Å². The highest BCUT2D eigenvalue weighted by Crippen LogP contribution is 2.21. The van der Waals surface area contributed by atoms with Crippen LogP contribution < -0.4 is 5.32 Å². The summed E-state index contributed by atoms with van der Waals surface area (Å²) in [6.45, 7) is 12.7. The molecule has 0 aromatic carbocycles. The Labute approximate surface area is 86.3 Å². The highest BCUT2D eigenvalue weighted by molar-refractivity contribution is 5.20. The number of nitrogens with one attached hydrogen (secondary N) is 2. The maximum atomic E-state index is 4.39. The Morgan fingerprint density at radius 3 is 2.21 bits per heavy atom. The molecule has 1 aromatic rings. The highest BCUT2D eigenvalue weighted by atomic mass is 15.0. The van der Waals surface area contributed by atoms with Crippen LogP contribution in [0.3, 0.4) is 0 Å². The summed E-state index contributed by atoms with van der Waals surface area (Å²) in [5.41, 5.74) is 2.23. The van der Waals surface area contributed by atoms with Gasteiger partial charge in [0.05, 0.1) is 16.9 Å². The molecule has 0 aliphatic carbocycles. The van der Waals surface area contributed by atoms with Crippen LogP contribution in [-0.2, 0) is 5.54 Å². The Morgan fingerprint density at radius 2 is 1.86 bits per heavy atom. The molecule has 0 saturated carbocycles. The fourth-order valence-electron chi connectivity index (χ4n) is 2.01. The molecule has 1 rings (SSSR count). The third kappa shape index (κ3) is 2.35. The second kappa shape index (κ2) is 3.73. The highest BCUT2D eigenvalue weighted by Gasteiger charge is 2.25. The van der Waals surface area contributed by atoms with Gasteiger partial charge in [0.2, 0.25) is 0 Å². The van der Waals surface area contributed by atoms with Crippen LogP contribution in [0.25, 0.3) is 0 Å². The zero-order chi connectivity index (χ0) is 10.9. The van der Waals surface area contributed by atoms with E-state index in [1.807, 2.05) is 13.8 Å². The van der Waals surface area contributed by atoms with Gasteiger partial charge in [-0.25, -0.2) is 4.98 Å². The second-order valence-electron chi connectivity index (χ2n) is 4.71. The Bertz CT molecular complexity index is 310. The van der Waals surface area contributed by atoms with Gasteiger partial charge >= 0.3 is 0 Å². The molecule has 0 amide bonds. The first kappa shape index (κ1) is 11.2. The molecule has 0 fully saturated rings. The maximum absolute atomic E-state index is 4.39. The van der Waals surface area contributed by atoms with Crippen molar-refractivity contribution in [3.05, 3.63) is 17.2 Å². The normalized spacial score (nSPS) is 12.5. The first-order chi connectivity index (χ1) is 6.33. The summed E-state index contributed by atoms with van der Waals surface area (Å²) in [4.78, 5) is 7.71. The van der Waals surface area contributed by atoms with Crippen molar-refractivity contribution in [3.63, 3.8) is 0 Å². The van der Waals surface area contributed by atoms with E-state index >= 15 is 0 Å². The van der Waals surface area contributed by atoms with Crippen molar-refractivity contribution in [2.45, 2.75) is 53.1 Å². The van der Waals surface area contributed by atoms with Gasteiger partial charge < -0.3 is 10.3 Å². The molecule has 3 nitrogen and oxygen atoms in total. The van der Waals surface area contributed by atoms with Crippen LogP contribution in [0.1, 0.15) is 44.9 Å². The summed E-state index contributed by atoms with van der Waals surface area (Å²) in [5, 5.41) is 3.52. The molecule has 0 aliphatic heterocycles. The molecule has 1 aromatic heterocycles. The Kier molecular flexibility index (Phi) is 3.00. The van der Waals surface area contributed by atoms with Crippen molar-refractivity contribution in [2.75, 3.05) is 0 Å². The van der Waals surface area contributed by atoms with Gasteiger partial charge in [-0.15, -0.1) is 0 Å². The lowest BCUT2D eigenvalue weighted by atomic mass is 9.98. The van der Waals surface area contributed by atoms with Crippen molar-refractivity contribution in [1.82, 2.24) is 15.3 Å². The van der Waals surface area contributed by atoms with E-state index in [1.54, 1.807) is 0 Å². The number of H-pyrrole nitrogens is 1. The topological polar surface area (TPSA) is 40.7 Å². The number of rotatable bonds is 3. The first-order valence-corrected chi connectivity index (χ1v) is 5.14. The predicted molar refractivity (Wildman–Crippen MR) is 59.4 cm³/mol. The third-order valence-corrected chi connectivity index (χ3v) is 2.28. The van der Waals surface area contributed by atoms with E-state index in [2.05, 4.69) is 43.0 Å². The largest absolute Gasteiger partial charge is 0.344 e. The zero-order valence-corrected chi connectivity index (χ0v) is 10.0. The van der Waals surface area contributed by atoms with Crippen molar-refractivity contribution in [3.8, 4) is 0 Å². The molecule has 2 N–H and O–H groups in total. The summed E-state index contributed by atoms with van der Waals surface area (Å²) >= 11 is 0. The van der Waals surface area contributed by atoms with Crippen molar-refractivity contribution < 1.29 is 0 Å². The minimum absolute atomic E-state index is 0.0422. The molecular formula is C11H21N3. The number of aromatic nitrogens is 2. The quantitative estimate of drug-likeness (QED) is 0.776. The van der Waals surface area contributed by atoms with Gasteiger partial charge in [-0.2, -0.15) is 0 Å². The predicted octanol–water partition coefficient (Wildman–Crippen LogP) is 2.26. The van der Waals surface area contributed by atoms with Gasteiger partial charge in [-0.1, -0.05) is 13.8 Å². The fraction of sp³-hybridized carbons (Fsp3) is 0.727. The van der Waals surface area contributed by atoms with Gasteiger partial charge in [-0.3, -0.25) is 0 Å². The van der Waals surface area contributed by atoms with E-state index in [9.17, 15) is 0 Å². The molecule has 0 bridgehead atoms. The first-order valence-electron chi connectivity index (χ1n) is 5.14. The summed E-state index contributed by atoms with van der Waals surface area (Å²) < 4.78 is 0. The van der Waals surface area contributed by atoms with E-state index in [1.165, 1.54) is 5.69 Å². The van der Waals surface area contributed by atoms with E-state index in [-0.39, 0.29) is 5.54 Å². The van der Waals surface area contributed by atoms with Gasteiger partial charge in [0, 0.05) is 6.04 Å². The molecule has 1 heterocycles. The lowest BCUT2D eigenvalue weighted by Gasteiger charge is -2.28. The standard InChI is InChI=1S/C11H21N3/c1-7(2)14-11(5,6)10-8(3)12-9(4)13-10/h7,14H,1-6H3,(H,12,13). The number of aromatic amines is 1. The van der Waals surface area contributed by atoms with Gasteiger partial charge in [0.15, 0.2) is 0 Å². The van der Waals surface area contributed by atoms with E-state index in [0.29, 0.717) is 6.04 Å². The Balaban J connectivity index is 2.96. The van der Waals surface area contributed by atoms with Crippen LogP contribution >= 0.6 is 0 Å². The molecule has 0 spiro atoms. The maximum Gasteiger partial charge on any atom is 0.103 e. The van der Waals surface area contributed by atoms with Crippen molar-refractivity contribution >= 4 is 0 Å². The van der Waals surface area contributed by atoms with E-state index in [4.69, 9.17) is 0 Å². The van der Waals surface area contributed by atoms with E-state index < -0.39 is 0 Å². The van der Waals surface area contributed by atoms with Crippen LogP contribution in [0.15, 0.2) is 0 Å². The molecule has 0 radical (unpaired) electrons. The molecule has 14 heavy (non-hydrogen) atoms. The average Bonchev–Trinajstić information content (AvgIpc) is 2.27. The Hall–Kier alpha value is -0.830. The number of imidazole rings is 1. The van der Waals surface area contributed by atoms with Gasteiger partial charge in [0.1, 0.15) is 5.82 Å². The monoisotopic (exact) mass is 195 g/mol. The number of hydrogen-bond donors (Lipinski definition) is 2. The molecule has 3 heteroatoms. The number of nitrogens with zero attached hydrogens (tertiary/aromatic N) is 1. The minimum Gasteiger partial charge on any atom is -0.344 e. The third-order valence-electron chi connectivity index (χ3n) is 2.28. The minimum atomic E-state index is -0.0422. The molecular weight excluding hydrogens is 174 g/mol. The number of aryl methyl sites for hydroxylation is 2. The summed E-state index contributed by atoms with van der Waals surface area (Å²) in [5.74, 6) is 0.983. The van der Waals surface area contributed by atoms with Crippen molar-refractivity contribution in [2.24, 2.45) is 0 Å². The molecule has 0 unspecified atom stereocenters. The summed E-state index contributed by atoms with van der Waals surface area (Å²) in [6, 6.07) is 0.466. The van der Waals surface area contributed by atoms with Crippen LogP contribution in [0.2, 0.25) is 0 Å². The van der Waals surface area contributed by atoms with Crippen molar-refractivity contribution in [1.29, 1.82) is 0 Å². The van der Waals surface area contributed by atoms with E-state index in [0.717, 1.165) is 11.5 Å². The van der Waals surface area contributed by atoms with Crippen LogP contribution in [0.4, 0.5) is 0 Å². The smallest absolute Gasteiger partial charge is 0.103 e. The summed E-state index contributed by atoms with van der Waals surface area (Å²) in [6.07, 6.45) is 0. The van der Waals surface area contributed by atoms with Crippen LogP contribution in [0.5, 0.6) is 0 Å². The lowest BCUT2D eigenvalue weighted by Crippen LogP contribution is -2.41. The molecule has 0 saturated heterocycles. The van der Waals surface area contributed by atoms with Gasteiger partial charge in [-0.05, 0) is 27.7 Å². The molecule has 0 aliphatic rings. The van der Waals surface area contributed by atoms with Crippen LogP contribution in [0, 0.1) is 13.8 Å². The Morgan fingerprint density at radius 1 is 1.29 bits per heavy atom. The molecule has 80 valence electrons. The fourth-order valence-corrected chi connectivity index (χ4v) is 2.01. The SMILES string of the molecule is Cc1nc(C)c(C(C)(C)NC(C)C)[nH]1. The zero-order valence-electron chi connectivity index (χ0n) is 10.0.